The zero-order chi connectivity index (χ0) is 11.5. The van der Waals surface area contributed by atoms with Gasteiger partial charge in [0.25, 0.3) is 0 Å². The molecule has 0 saturated heterocycles. The van der Waals surface area contributed by atoms with Gasteiger partial charge in [0.15, 0.2) is 0 Å². The number of carbonyl (C=O) groups is 1. The summed E-state index contributed by atoms with van der Waals surface area (Å²) in [6.45, 7) is 0. The van der Waals surface area contributed by atoms with Crippen LogP contribution in [0.25, 0.3) is 0 Å². The summed E-state index contributed by atoms with van der Waals surface area (Å²) in [5, 5.41) is 28.3. The maximum Gasteiger partial charge on any atom is 0.423 e. The number of hydrogen-bond acceptors (Lipinski definition) is 4. The van der Waals surface area contributed by atoms with Gasteiger partial charge in [0.2, 0.25) is 0 Å². The lowest BCUT2D eigenvalue weighted by Gasteiger charge is -2.13. The van der Waals surface area contributed by atoms with Crippen molar-refractivity contribution in [3.63, 3.8) is 0 Å². The Morgan fingerprint density at radius 1 is 1.40 bits per heavy atom. The Hall–Kier alpha value is -1.95. The van der Waals surface area contributed by atoms with Gasteiger partial charge in [0.1, 0.15) is 0 Å². The van der Waals surface area contributed by atoms with E-state index in [4.69, 9.17) is 5.11 Å². The molecule has 0 aliphatic carbocycles. The fraction of sp³-hybridized carbons (Fsp3) is 0.222. The van der Waals surface area contributed by atoms with Crippen molar-refractivity contribution in [2.24, 2.45) is 0 Å². The number of rotatable bonds is 4. The van der Waals surface area contributed by atoms with Crippen LogP contribution in [0, 0.1) is 10.1 Å². The molecule has 6 nitrogen and oxygen atoms in total. The van der Waals surface area contributed by atoms with E-state index in [-0.39, 0.29) is 0 Å². The number of nitro groups is 1. The number of nitrogens with zero attached hydrogens (tertiary/aromatic N) is 1. The fourth-order valence-corrected chi connectivity index (χ4v) is 1.10. The van der Waals surface area contributed by atoms with Crippen LogP contribution in [0.2, 0.25) is 0 Å². The third kappa shape index (κ3) is 2.29. The first-order chi connectivity index (χ1) is 6.97. The van der Waals surface area contributed by atoms with Gasteiger partial charge in [0.05, 0.1) is 11.3 Å². The van der Waals surface area contributed by atoms with Gasteiger partial charge in [-0.15, -0.1) is 0 Å². The van der Waals surface area contributed by atoms with Crippen LogP contribution in [0.5, 0.6) is 0 Å². The van der Waals surface area contributed by atoms with Crippen LogP contribution >= 0.6 is 0 Å². The van der Waals surface area contributed by atoms with Crippen molar-refractivity contribution in [1.29, 1.82) is 0 Å². The van der Waals surface area contributed by atoms with Crippen molar-refractivity contribution < 1.29 is 19.9 Å². The molecular formula is C9H9NO5. The second-order valence-electron chi connectivity index (χ2n) is 3.04. The molecule has 0 amide bonds. The highest BCUT2D eigenvalue weighted by Gasteiger charge is 2.49. The van der Waals surface area contributed by atoms with E-state index in [1.807, 2.05) is 0 Å². The zero-order valence-electron chi connectivity index (χ0n) is 7.66. The van der Waals surface area contributed by atoms with Crippen LogP contribution < -0.4 is 0 Å². The van der Waals surface area contributed by atoms with Crippen LogP contribution in [0.4, 0.5) is 0 Å². The summed E-state index contributed by atoms with van der Waals surface area (Å²) in [6, 6.07) is 7.93. The predicted octanol–water partition coefficient (Wildman–Crippen LogP) is 0.279. The topological polar surface area (TPSA) is 101 Å². The van der Waals surface area contributed by atoms with Crippen molar-refractivity contribution in [2.45, 2.75) is 12.1 Å². The monoisotopic (exact) mass is 211 g/mol. The molecule has 2 N–H and O–H groups in total. The molecule has 0 heterocycles. The van der Waals surface area contributed by atoms with Gasteiger partial charge in [-0.1, -0.05) is 30.3 Å². The van der Waals surface area contributed by atoms with Crippen molar-refractivity contribution in [3.05, 3.63) is 46.0 Å². The van der Waals surface area contributed by atoms with Gasteiger partial charge < -0.3 is 10.2 Å². The molecule has 0 aliphatic heterocycles. The molecule has 0 aromatic heterocycles. The molecule has 1 atom stereocenters. The van der Waals surface area contributed by atoms with Crippen molar-refractivity contribution >= 4 is 5.97 Å². The van der Waals surface area contributed by atoms with E-state index < -0.39 is 23.0 Å². The molecule has 0 spiro atoms. The molecule has 6 heteroatoms. The summed E-state index contributed by atoms with van der Waals surface area (Å²) in [5.41, 5.74) is -2.57. The third-order valence-corrected chi connectivity index (χ3v) is 1.94. The van der Waals surface area contributed by atoms with E-state index in [0.717, 1.165) is 0 Å². The minimum Gasteiger partial charge on any atom is -0.474 e. The Balaban J connectivity index is 2.95. The van der Waals surface area contributed by atoms with E-state index in [1.165, 1.54) is 12.1 Å². The second-order valence-corrected chi connectivity index (χ2v) is 3.04. The first-order valence-electron chi connectivity index (χ1n) is 4.11. The van der Waals surface area contributed by atoms with Gasteiger partial charge in [-0.05, 0) is 5.56 Å². The Morgan fingerprint density at radius 3 is 2.33 bits per heavy atom. The first-order valence-corrected chi connectivity index (χ1v) is 4.11. The van der Waals surface area contributed by atoms with E-state index in [1.54, 1.807) is 18.2 Å². The SMILES string of the molecule is O=C(O)C(O)(Cc1ccccc1)[N+](=O)[O-]. The summed E-state index contributed by atoms with van der Waals surface area (Å²) >= 11 is 0. The number of carboxylic acid groups (broad SMARTS) is 1. The second kappa shape index (κ2) is 4.05. The average molecular weight is 211 g/mol. The quantitative estimate of drug-likeness (QED) is 0.423. The lowest BCUT2D eigenvalue weighted by molar-refractivity contribution is -0.606. The first kappa shape index (κ1) is 11.1. The molecule has 1 unspecified atom stereocenters. The highest BCUT2D eigenvalue weighted by Crippen LogP contribution is 2.14. The van der Waals surface area contributed by atoms with Crippen molar-refractivity contribution in [2.75, 3.05) is 0 Å². The Bertz CT molecular complexity index is 361. The minimum atomic E-state index is -2.96. The van der Waals surface area contributed by atoms with Gasteiger partial charge >= 0.3 is 11.7 Å². The van der Waals surface area contributed by atoms with Gasteiger partial charge in [-0.3, -0.25) is 10.1 Å². The molecular weight excluding hydrogens is 202 g/mol. The number of aliphatic hydroxyl groups is 1. The van der Waals surface area contributed by atoms with E-state index in [9.17, 15) is 20.0 Å². The molecule has 1 aromatic carbocycles. The molecule has 80 valence electrons. The third-order valence-electron chi connectivity index (χ3n) is 1.94. The lowest BCUT2D eigenvalue weighted by atomic mass is 10.0. The Labute approximate surface area is 84.9 Å². The van der Waals surface area contributed by atoms with E-state index in [2.05, 4.69) is 0 Å². The van der Waals surface area contributed by atoms with E-state index in [0.29, 0.717) is 5.56 Å². The highest BCUT2D eigenvalue weighted by atomic mass is 16.7. The van der Waals surface area contributed by atoms with Crippen molar-refractivity contribution in [1.82, 2.24) is 0 Å². The largest absolute Gasteiger partial charge is 0.474 e. The number of carboxylic acids is 1. The van der Waals surface area contributed by atoms with Gasteiger partial charge in [0, 0.05) is 0 Å². The van der Waals surface area contributed by atoms with Crippen LogP contribution in [0.3, 0.4) is 0 Å². The van der Waals surface area contributed by atoms with Crippen molar-refractivity contribution in [3.8, 4) is 0 Å². The molecule has 15 heavy (non-hydrogen) atoms. The number of hydrogen-bond donors (Lipinski definition) is 2. The summed E-state index contributed by atoms with van der Waals surface area (Å²) < 4.78 is 0. The van der Waals surface area contributed by atoms with E-state index >= 15 is 0 Å². The normalized spacial score (nSPS) is 14.2. The standard InChI is InChI=1S/C9H9NO5/c11-8(12)9(13,10(14)15)6-7-4-2-1-3-5-7/h1-5,13H,6H2,(H,11,12). The summed E-state index contributed by atoms with van der Waals surface area (Å²) in [5.74, 6) is -1.86. The lowest BCUT2D eigenvalue weighted by Crippen LogP contribution is -2.48. The number of benzene rings is 1. The summed E-state index contributed by atoms with van der Waals surface area (Å²) in [6.07, 6.45) is -0.559. The number of aliphatic carboxylic acids is 1. The Kier molecular flexibility index (Phi) is 3.01. The molecule has 0 radical (unpaired) electrons. The van der Waals surface area contributed by atoms with Gasteiger partial charge in [-0.25, -0.2) is 4.79 Å². The van der Waals surface area contributed by atoms with Gasteiger partial charge in [-0.2, -0.15) is 0 Å². The van der Waals surface area contributed by atoms with Crippen LogP contribution in [-0.2, 0) is 11.2 Å². The van der Waals surface area contributed by atoms with Crippen LogP contribution in [0.15, 0.2) is 30.3 Å². The smallest absolute Gasteiger partial charge is 0.423 e. The average Bonchev–Trinajstić information content (AvgIpc) is 2.18. The zero-order valence-corrected chi connectivity index (χ0v) is 7.66. The molecule has 1 aromatic rings. The molecule has 1 rings (SSSR count). The Morgan fingerprint density at radius 2 is 1.93 bits per heavy atom. The molecule has 0 bridgehead atoms. The minimum absolute atomic E-state index is 0.388. The molecule has 0 saturated carbocycles. The van der Waals surface area contributed by atoms with Crippen LogP contribution in [0.1, 0.15) is 5.56 Å². The highest BCUT2D eigenvalue weighted by molar-refractivity contribution is 5.75. The predicted molar refractivity (Wildman–Crippen MR) is 49.7 cm³/mol. The summed E-state index contributed by atoms with van der Waals surface area (Å²) in [7, 11) is 0. The molecule has 0 fully saturated rings. The fourth-order valence-electron chi connectivity index (χ4n) is 1.10. The maximum atomic E-state index is 10.6. The maximum absolute atomic E-state index is 10.6. The molecule has 0 aliphatic rings. The summed E-state index contributed by atoms with van der Waals surface area (Å²) in [4.78, 5) is 19.8. The van der Waals surface area contributed by atoms with Crippen LogP contribution in [-0.4, -0.2) is 26.8 Å².